The molecule has 0 radical (unpaired) electrons. The van der Waals surface area contributed by atoms with Crippen LogP contribution in [0, 0.1) is 6.92 Å². The number of benzene rings is 2. The summed E-state index contributed by atoms with van der Waals surface area (Å²) in [6, 6.07) is 11.3. The van der Waals surface area contributed by atoms with E-state index in [9.17, 15) is 4.79 Å². The lowest BCUT2D eigenvalue weighted by atomic mass is 10.2. The van der Waals surface area contributed by atoms with E-state index >= 15 is 0 Å². The number of amides is 1. The molecule has 2 aromatic rings. The number of thioether (sulfide) groups is 1. The van der Waals surface area contributed by atoms with Gasteiger partial charge in [0, 0.05) is 11.3 Å². The SMILES string of the molecule is Cc1ccc(NC(=O)CSc2ccc3c(c2)OCCCO3)c(Cl)c1. The molecule has 4 nitrogen and oxygen atoms in total. The van der Waals surface area contributed by atoms with E-state index in [1.54, 1.807) is 0 Å². The summed E-state index contributed by atoms with van der Waals surface area (Å²) < 4.78 is 11.3. The fourth-order valence-electron chi connectivity index (χ4n) is 2.29. The van der Waals surface area contributed by atoms with Crippen LogP contribution in [0.15, 0.2) is 41.3 Å². The molecule has 0 spiro atoms. The Morgan fingerprint density at radius 1 is 1.17 bits per heavy atom. The first-order chi connectivity index (χ1) is 11.6. The van der Waals surface area contributed by atoms with Gasteiger partial charge in [-0.1, -0.05) is 17.7 Å². The minimum atomic E-state index is -0.0992. The van der Waals surface area contributed by atoms with Crippen LogP contribution in [0.2, 0.25) is 5.02 Å². The fourth-order valence-corrected chi connectivity index (χ4v) is 3.30. The zero-order valence-electron chi connectivity index (χ0n) is 13.3. The molecular formula is C18H18ClNO3S. The average Bonchev–Trinajstić information content (AvgIpc) is 2.80. The first-order valence-corrected chi connectivity index (χ1v) is 9.06. The standard InChI is InChI=1S/C18H18ClNO3S/c1-12-3-5-15(14(19)9-12)20-18(21)11-24-13-4-6-16-17(10-13)23-8-2-7-22-16/h3-6,9-10H,2,7-8,11H2,1H3,(H,20,21). The molecule has 3 rings (SSSR count). The number of hydrogen-bond acceptors (Lipinski definition) is 4. The highest BCUT2D eigenvalue weighted by molar-refractivity contribution is 8.00. The highest BCUT2D eigenvalue weighted by Gasteiger charge is 2.12. The topological polar surface area (TPSA) is 47.6 Å². The largest absolute Gasteiger partial charge is 0.490 e. The molecule has 1 amide bonds. The van der Waals surface area contributed by atoms with Crippen molar-refractivity contribution in [3.05, 3.63) is 47.0 Å². The van der Waals surface area contributed by atoms with Gasteiger partial charge in [-0.25, -0.2) is 0 Å². The Morgan fingerprint density at radius 2 is 1.96 bits per heavy atom. The molecule has 0 saturated carbocycles. The van der Waals surface area contributed by atoms with E-state index in [4.69, 9.17) is 21.1 Å². The Kier molecular flexibility index (Phi) is 5.53. The van der Waals surface area contributed by atoms with Crippen LogP contribution >= 0.6 is 23.4 Å². The molecule has 1 N–H and O–H groups in total. The maximum Gasteiger partial charge on any atom is 0.234 e. The van der Waals surface area contributed by atoms with Crippen molar-refractivity contribution >= 4 is 35.0 Å². The summed E-state index contributed by atoms with van der Waals surface area (Å²) >= 11 is 7.58. The molecule has 24 heavy (non-hydrogen) atoms. The second-order valence-corrected chi connectivity index (χ2v) is 6.94. The fraction of sp³-hybridized carbons (Fsp3) is 0.278. The molecule has 126 valence electrons. The highest BCUT2D eigenvalue weighted by atomic mass is 35.5. The molecule has 0 aromatic heterocycles. The van der Waals surface area contributed by atoms with E-state index in [0.29, 0.717) is 29.7 Å². The van der Waals surface area contributed by atoms with Crippen LogP contribution in [0.25, 0.3) is 0 Å². The van der Waals surface area contributed by atoms with Crippen molar-refractivity contribution in [1.82, 2.24) is 0 Å². The first kappa shape index (κ1) is 17.0. The van der Waals surface area contributed by atoms with Crippen LogP contribution in [0.4, 0.5) is 5.69 Å². The quantitative estimate of drug-likeness (QED) is 0.810. The molecule has 6 heteroatoms. The second kappa shape index (κ2) is 7.81. The number of anilines is 1. The minimum Gasteiger partial charge on any atom is -0.490 e. The van der Waals surface area contributed by atoms with Crippen molar-refractivity contribution in [2.75, 3.05) is 24.3 Å². The summed E-state index contributed by atoms with van der Waals surface area (Å²) in [7, 11) is 0. The molecule has 1 heterocycles. The summed E-state index contributed by atoms with van der Waals surface area (Å²) in [6.45, 7) is 3.27. The van der Waals surface area contributed by atoms with Gasteiger partial charge in [-0.3, -0.25) is 4.79 Å². The zero-order valence-corrected chi connectivity index (χ0v) is 14.9. The van der Waals surface area contributed by atoms with Crippen LogP contribution < -0.4 is 14.8 Å². The number of fused-ring (bicyclic) bond motifs is 1. The Bertz CT molecular complexity index is 751. The van der Waals surface area contributed by atoms with Crippen molar-refractivity contribution in [2.45, 2.75) is 18.2 Å². The van der Waals surface area contributed by atoms with E-state index in [1.165, 1.54) is 11.8 Å². The molecule has 0 saturated heterocycles. The van der Waals surface area contributed by atoms with Gasteiger partial charge in [0.15, 0.2) is 11.5 Å². The van der Waals surface area contributed by atoms with Crippen molar-refractivity contribution < 1.29 is 14.3 Å². The molecule has 0 bridgehead atoms. The lowest BCUT2D eigenvalue weighted by Crippen LogP contribution is -2.14. The van der Waals surface area contributed by atoms with Crippen LogP contribution in [0.5, 0.6) is 11.5 Å². The third-order valence-electron chi connectivity index (χ3n) is 3.49. The van der Waals surface area contributed by atoms with Gasteiger partial charge in [0.25, 0.3) is 0 Å². The Balaban J connectivity index is 1.59. The summed E-state index contributed by atoms with van der Waals surface area (Å²) in [5, 5.41) is 3.38. The van der Waals surface area contributed by atoms with Gasteiger partial charge in [-0.15, -0.1) is 11.8 Å². The van der Waals surface area contributed by atoms with E-state index in [2.05, 4.69) is 5.32 Å². The number of ether oxygens (including phenoxy) is 2. The average molecular weight is 364 g/mol. The smallest absolute Gasteiger partial charge is 0.234 e. The van der Waals surface area contributed by atoms with Gasteiger partial charge in [-0.2, -0.15) is 0 Å². The summed E-state index contributed by atoms with van der Waals surface area (Å²) in [6.07, 6.45) is 0.872. The number of halogens is 1. The maximum absolute atomic E-state index is 12.1. The van der Waals surface area contributed by atoms with E-state index in [0.717, 1.165) is 28.4 Å². The van der Waals surface area contributed by atoms with Crippen molar-refractivity contribution in [1.29, 1.82) is 0 Å². The normalized spacial score (nSPS) is 13.2. The van der Waals surface area contributed by atoms with Gasteiger partial charge in [-0.05, 0) is 42.8 Å². The zero-order chi connectivity index (χ0) is 16.9. The summed E-state index contributed by atoms with van der Waals surface area (Å²) in [4.78, 5) is 13.1. The van der Waals surface area contributed by atoms with E-state index < -0.39 is 0 Å². The third kappa shape index (κ3) is 4.36. The molecule has 0 aliphatic carbocycles. The van der Waals surface area contributed by atoms with Gasteiger partial charge in [0.1, 0.15) is 0 Å². The lowest BCUT2D eigenvalue weighted by Gasteiger charge is -2.10. The number of hydrogen-bond donors (Lipinski definition) is 1. The molecule has 0 fully saturated rings. The van der Waals surface area contributed by atoms with Gasteiger partial charge < -0.3 is 14.8 Å². The lowest BCUT2D eigenvalue weighted by molar-refractivity contribution is -0.113. The van der Waals surface area contributed by atoms with E-state index in [1.807, 2.05) is 43.3 Å². The van der Waals surface area contributed by atoms with Crippen molar-refractivity contribution in [3.63, 3.8) is 0 Å². The number of aryl methyl sites for hydroxylation is 1. The van der Waals surface area contributed by atoms with E-state index in [-0.39, 0.29) is 5.91 Å². The molecule has 1 aliphatic rings. The van der Waals surface area contributed by atoms with Crippen molar-refractivity contribution in [3.8, 4) is 11.5 Å². The molecular weight excluding hydrogens is 346 g/mol. The van der Waals surface area contributed by atoms with Gasteiger partial charge >= 0.3 is 0 Å². The first-order valence-electron chi connectivity index (χ1n) is 7.70. The Morgan fingerprint density at radius 3 is 2.75 bits per heavy atom. The number of carbonyl (C=O) groups excluding carboxylic acids is 1. The monoisotopic (exact) mass is 363 g/mol. The highest BCUT2D eigenvalue weighted by Crippen LogP contribution is 2.34. The number of carbonyl (C=O) groups is 1. The Hall–Kier alpha value is -1.85. The predicted octanol–water partition coefficient (Wildman–Crippen LogP) is 4.54. The minimum absolute atomic E-state index is 0.0992. The second-order valence-electron chi connectivity index (χ2n) is 5.48. The molecule has 0 atom stereocenters. The van der Waals surface area contributed by atoms with Crippen LogP contribution in [-0.4, -0.2) is 24.9 Å². The van der Waals surface area contributed by atoms with Crippen LogP contribution in [-0.2, 0) is 4.79 Å². The Labute approximate surface area is 150 Å². The summed E-state index contributed by atoms with van der Waals surface area (Å²) in [5.41, 5.74) is 1.69. The predicted molar refractivity (Wildman–Crippen MR) is 97.6 cm³/mol. The molecule has 2 aromatic carbocycles. The van der Waals surface area contributed by atoms with Crippen molar-refractivity contribution in [2.24, 2.45) is 0 Å². The third-order valence-corrected chi connectivity index (χ3v) is 4.79. The molecule has 0 unspecified atom stereocenters. The van der Waals surface area contributed by atoms with Crippen LogP contribution in [0.1, 0.15) is 12.0 Å². The number of nitrogens with one attached hydrogen (secondary N) is 1. The maximum atomic E-state index is 12.1. The van der Waals surface area contributed by atoms with Gasteiger partial charge in [0.2, 0.25) is 5.91 Å². The summed E-state index contributed by atoms with van der Waals surface area (Å²) in [5.74, 6) is 1.69. The molecule has 1 aliphatic heterocycles. The van der Waals surface area contributed by atoms with Gasteiger partial charge in [0.05, 0.1) is 29.7 Å². The number of rotatable bonds is 4. The van der Waals surface area contributed by atoms with Crippen LogP contribution in [0.3, 0.4) is 0 Å².